The minimum absolute atomic E-state index is 0.00364. The molecule has 38 heavy (non-hydrogen) atoms. The molecule has 9 nitrogen and oxygen atoms in total. The van der Waals surface area contributed by atoms with E-state index in [2.05, 4.69) is 15.1 Å². The van der Waals surface area contributed by atoms with Crippen LogP contribution in [-0.4, -0.2) is 84.8 Å². The maximum atomic E-state index is 13.2. The van der Waals surface area contributed by atoms with Crippen LogP contribution in [0.15, 0.2) is 60.7 Å². The predicted octanol–water partition coefficient (Wildman–Crippen LogP) is 3.50. The summed E-state index contributed by atoms with van der Waals surface area (Å²) < 4.78 is 10.8. The first-order valence-electron chi connectivity index (χ1n) is 13.0. The Morgan fingerprint density at radius 1 is 0.921 bits per heavy atom. The number of aromatic nitrogens is 2. The second-order valence-corrected chi connectivity index (χ2v) is 9.59. The van der Waals surface area contributed by atoms with Crippen LogP contribution < -0.4 is 14.4 Å². The van der Waals surface area contributed by atoms with Gasteiger partial charge in [0, 0.05) is 49.4 Å². The van der Waals surface area contributed by atoms with Crippen molar-refractivity contribution in [2.45, 2.75) is 25.3 Å². The van der Waals surface area contributed by atoms with Crippen molar-refractivity contribution in [3.63, 3.8) is 0 Å². The number of nitrogens with zero attached hydrogens (tertiary/aromatic N) is 5. The number of anilines is 1. The number of ether oxygens (including phenoxy) is 2. The van der Waals surface area contributed by atoms with E-state index < -0.39 is 0 Å². The fraction of sp³-hybridized carbons (Fsp3) is 0.379. The van der Waals surface area contributed by atoms with E-state index in [-0.39, 0.29) is 24.4 Å². The molecule has 0 radical (unpaired) electrons. The molecule has 0 atom stereocenters. The van der Waals surface area contributed by atoms with Crippen LogP contribution in [0.1, 0.15) is 29.6 Å². The van der Waals surface area contributed by atoms with Crippen LogP contribution >= 0.6 is 0 Å². The summed E-state index contributed by atoms with van der Waals surface area (Å²) >= 11 is 0. The second-order valence-electron chi connectivity index (χ2n) is 9.59. The van der Waals surface area contributed by atoms with Gasteiger partial charge in [0.25, 0.3) is 5.91 Å². The summed E-state index contributed by atoms with van der Waals surface area (Å²) in [7, 11) is 3.23. The number of hydrogen-bond donors (Lipinski definition) is 0. The lowest BCUT2D eigenvalue weighted by molar-refractivity contribution is -0.131. The smallest absolute Gasteiger partial charge is 0.254 e. The molecule has 5 rings (SSSR count). The normalized spacial score (nSPS) is 15.5. The molecule has 2 amide bonds. The van der Waals surface area contributed by atoms with Gasteiger partial charge >= 0.3 is 0 Å². The molecular weight excluding hydrogens is 482 g/mol. The topological polar surface area (TPSA) is 88.1 Å². The van der Waals surface area contributed by atoms with E-state index in [1.165, 1.54) is 0 Å². The lowest BCUT2D eigenvalue weighted by Crippen LogP contribution is -2.45. The Bertz CT molecular complexity index is 1260. The van der Waals surface area contributed by atoms with Crippen LogP contribution in [0.3, 0.4) is 0 Å². The molecule has 0 spiro atoms. The monoisotopic (exact) mass is 515 g/mol. The molecular formula is C29H33N5O4. The molecule has 1 aliphatic heterocycles. The van der Waals surface area contributed by atoms with Crippen molar-refractivity contribution in [1.82, 2.24) is 20.0 Å². The Kier molecular flexibility index (Phi) is 7.72. The summed E-state index contributed by atoms with van der Waals surface area (Å²) in [6.07, 6.45) is 2.73. The molecule has 3 aromatic rings. The quantitative estimate of drug-likeness (QED) is 0.454. The Morgan fingerprint density at radius 2 is 1.74 bits per heavy atom. The van der Waals surface area contributed by atoms with Gasteiger partial charge in [-0.3, -0.25) is 9.59 Å². The van der Waals surface area contributed by atoms with Gasteiger partial charge in [-0.1, -0.05) is 18.2 Å². The highest BCUT2D eigenvalue weighted by atomic mass is 16.5. The highest BCUT2D eigenvalue weighted by Crippen LogP contribution is 2.32. The second kappa shape index (κ2) is 11.5. The van der Waals surface area contributed by atoms with Gasteiger partial charge in [-0.25, -0.2) is 0 Å². The number of carbonyl (C=O) groups excluding carboxylic acids is 2. The van der Waals surface area contributed by atoms with Crippen molar-refractivity contribution in [3.05, 3.63) is 66.2 Å². The highest BCUT2D eigenvalue weighted by Gasteiger charge is 2.35. The first-order chi connectivity index (χ1) is 18.6. The van der Waals surface area contributed by atoms with Gasteiger partial charge in [-0.15, -0.1) is 10.2 Å². The zero-order valence-corrected chi connectivity index (χ0v) is 21.9. The molecule has 1 aliphatic carbocycles. The van der Waals surface area contributed by atoms with Crippen LogP contribution in [0.25, 0.3) is 11.3 Å². The van der Waals surface area contributed by atoms with E-state index in [0.29, 0.717) is 42.4 Å². The Hall–Kier alpha value is -4.14. The molecule has 2 aromatic carbocycles. The molecule has 1 saturated heterocycles. The first-order valence-corrected chi connectivity index (χ1v) is 13.0. The van der Waals surface area contributed by atoms with Crippen molar-refractivity contribution in [3.8, 4) is 22.8 Å². The molecule has 9 heteroatoms. The number of rotatable bonds is 8. The van der Waals surface area contributed by atoms with Gasteiger partial charge in [0.05, 0.1) is 19.9 Å². The van der Waals surface area contributed by atoms with Crippen molar-refractivity contribution in [2.24, 2.45) is 0 Å². The number of amides is 2. The lowest BCUT2D eigenvalue weighted by atomic mass is 10.1. The van der Waals surface area contributed by atoms with E-state index in [1.54, 1.807) is 19.1 Å². The van der Waals surface area contributed by atoms with Crippen LogP contribution in [0.4, 0.5) is 5.82 Å². The standard InChI is InChI=1S/C29H33N5O4/c1-37-23-11-12-24(26(19-23)38-2)25-13-14-27(31-30-25)32-15-6-16-33(18-17-32)28(35)20-34(22-9-10-22)29(36)21-7-4-3-5-8-21/h3-5,7-8,11-14,19,22H,6,9-10,15-18,20H2,1-2H3. The van der Waals surface area contributed by atoms with Gasteiger partial charge in [0.15, 0.2) is 5.82 Å². The molecule has 1 aromatic heterocycles. The number of benzene rings is 2. The van der Waals surface area contributed by atoms with Gasteiger partial charge in [-0.2, -0.15) is 0 Å². The Balaban J connectivity index is 1.21. The Morgan fingerprint density at radius 3 is 2.42 bits per heavy atom. The van der Waals surface area contributed by atoms with Crippen LogP contribution in [0.2, 0.25) is 0 Å². The molecule has 2 heterocycles. The third-order valence-electron chi connectivity index (χ3n) is 7.08. The van der Waals surface area contributed by atoms with E-state index in [1.807, 2.05) is 65.6 Å². The summed E-state index contributed by atoms with van der Waals surface area (Å²) in [5.74, 6) is 2.08. The molecule has 0 bridgehead atoms. The summed E-state index contributed by atoms with van der Waals surface area (Å²) in [6, 6.07) is 18.9. The van der Waals surface area contributed by atoms with Crippen molar-refractivity contribution in [2.75, 3.05) is 51.8 Å². The molecule has 2 aliphatic rings. The van der Waals surface area contributed by atoms with Crippen LogP contribution in [0.5, 0.6) is 11.5 Å². The molecule has 198 valence electrons. The summed E-state index contributed by atoms with van der Waals surface area (Å²) in [6.45, 7) is 2.78. The number of carbonyl (C=O) groups is 2. The molecule has 2 fully saturated rings. The maximum Gasteiger partial charge on any atom is 0.254 e. The van der Waals surface area contributed by atoms with Crippen molar-refractivity contribution in [1.29, 1.82) is 0 Å². The average molecular weight is 516 g/mol. The van der Waals surface area contributed by atoms with Crippen LogP contribution in [-0.2, 0) is 4.79 Å². The Labute approximate surface area is 223 Å². The molecule has 0 unspecified atom stereocenters. The third-order valence-corrected chi connectivity index (χ3v) is 7.08. The zero-order valence-electron chi connectivity index (χ0n) is 21.9. The summed E-state index contributed by atoms with van der Waals surface area (Å²) in [5.41, 5.74) is 2.18. The van der Waals surface area contributed by atoms with Crippen LogP contribution in [0, 0.1) is 0 Å². The van der Waals surface area contributed by atoms with Crippen molar-refractivity contribution >= 4 is 17.6 Å². The minimum atomic E-state index is -0.0678. The summed E-state index contributed by atoms with van der Waals surface area (Å²) in [5, 5.41) is 8.93. The first kappa shape index (κ1) is 25.5. The fourth-order valence-corrected chi connectivity index (χ4v) is 4.79. The van der Waals surface area contributed by atoms with Gasteiger partial charge in [-0.05, 0) is 55.7 Å². The van der Waals surface area contributed by atoms with Gasteiger partial charge in [0.1, 0.15) is 18.0 Å². The largest absolute Gasteiger partial charge is 0.497 e. The number of methoxy groups -OCH3 is 2. The summed E-state index contributed by atoms with van der Waals surface area (Å²) in [4.78, 5) is 32.1. The van der Waals surface area contributed by atoms with E-state index in [0.717, 1.165) is 37.2 Å². The molecule has 0 N–H and O–H groups in total. The van der Waals surface area contributed by atoms with E-state index in [4.69, 9.17) is 9.47 Å². The molecule has 1 saturated carbocycles. The third kappa shape index (κ3) is 5.72. The lowest BCUT2D eigenvalue weighted by Gasteiger charge is -2.27. The predicted molar refractivity (Wildman–Crippen MR) is 144 cm³/mol. The number of hydrogen-bond acceptors (Lipinski definition) is 7. The van der Waals surface area contributed by atoms with E-state index in [9.17, 15) is 9.59 Å². The highest BCUT2D eigenvalue weighted by molar-refractivity contribution is 5.97. The van der Waals surface area contributed by atoms with Gasteiger partial charge in [0.2, 0.25) is 5.91 Å². The average Bonchev–Trinajstić information content (AvgIpc) is 3.83. The SMILES string of the molecule is COc1ccc(-c2ccc(N3CCCN(C(=O)CN(C(=O)c4ccccc4)C4CC4)CC3)nn2)c(OC)c1. The minimum Gasteiger partial charge on any atom is -0.497 e. The fourth-order valence-electron chi connectivity index (χ4n) is 4.79. The van der Waals surface area contributed by atoms with E-state index >= 15 is 0 Å². The van der Waals surface area contributed by atoms with Gasteiger partial charge < -0.3 is 24.2 Å². The maximum absolute atomic E-state index is 13.2. The van der Waals surface area contributed by atoms with Crippen molar-refractivity contribution < 1.29 is 19.1 Å². The zero-order chi connectivity index (χ0) is 26.5.